The SMILES string of the molecule is CC(C)c1cc(CN2C[C@H]3CN(C(=O)C4CCCC4)C[C@@]3(C(=O)O)C2)on1. The number of aromatic nitrogens is 1. The minimum atomic E-state index is -0.852. The van der Waals surface area contributed by atoms with Crippen LogP contribution in [0.25, 0.3) is 0 Å². The van der Waals surface area contributed by atoms with Crippen molar-refractivity contribution in [3.63, 3.8) is 0 Å². The van der Waals surface area contributed by atoms with E-state index in [9.17, 15) is 14.7 Å². The molecule has 1 amide bonds. The summed E-state index contributed by atoms with van der Waals surface area (Å²) in [6.07, 6.45) is 4.13. The molecule has 1 aliphatic carbocycles. The van der Waals surface area contributed by atoms with Crippen LogP contribution in [-0.2, 0) is 16.1 Å². The van der Waals surface area contributed by atoms with Gasteiger partial charge in [0.05, 0.1) is 12.2 Å². The normalized spacial score (nSPS) is 29.0. The summed E-state index contributed by atoms with van der Waals surface area (Å²) >= 11 is 0. The van der Waals surface area contributed by atoms with Crippen LogP contribution in [0.3, 0.4) is 0 Å². The first-order chi connectivity index (χ1) is 12.9. The molecule has 2 atom stereocenters. The summed E-state index contributed by atoms with van der Waals surface area (Å²) in [7, 11) is 0. The predicted molar refractivity (Wildman–Crippen MR) is 98.0 cm³/mol. The lowest BCUT2D eigenvalue weighted by Crippen LogP contribution is -2.42. The number of carbonyl (C=O) groups is 2. The molecule has 0 radical (unpaired) electrons. The van der Waals surface area contributed by atoms with Crippen LogP contribution in [0.1, 0.15) is 56.9 Å². The van der Waals surface area contributed by atoms with E-state index in [2.05, 4.69) is 23.9 Å². The van der Waals surface area contributed by atoms with Crippen LogP contribution < -0.4 is 0 Å². The first kappa shape index (κ1) is 18.5. The Labute approximate surface area is 159 Å². The summed E-state index contributed by atoms with van der Waals surface area (Å²) in [5.41, 5.74) is 0.0699. The van der Waals surface area contributed by atoms with Crippen LogP contribution in [-0.4, -0.2) is 58.1 Å². The van der Waals surface area contributed by atoms with E-state index < -0.39 is 11.4 Å². The van der Waals surface area contributed by atoms with Crippen molar-refractivity contribution in [2.45, 2.75) is 52.0 Å². The minimum absolute atomic E-state index is 0.0205. The number of aliphatic carboxylic acids is 1. The molecule has 1 saturated carbocycles. The van der Waals surface area contributed by atoms with Gasteiger partial charge in [-0.15, -0.1) is 0 Å². The van der Waals surface area contributed by atoms with Crippen LogP contribution in [0.5, 0.6) is 0 Å². The molecule has 0 bridgehead atoms. The van der Waals surface area contributed by atoms with Crippen LogP contribution >= 0.6 is 0 Å². The lowest BCUT2D eigenvalue weighted by molar-refractivity contribution is -0.149. The van der Waals surface area contributed by atoms with Crippen molar-refractivity contribution in [1.82, 2.24) is 15.0 Å². The second-order valence-electron chi connectivity index (χ2n) is 8.90. The van der Waals surface area contributed by atoms with E-state index >= 15 is 0 Å². The molecule has 0 spiro atoms. The molecule has 1 aromatic heterocycles. The monoisotopic (exact) mass is 375 g/mol. The van der Waals surface area contributed by atoms with Gasteiger partial charge in [-0.05, 0) is 18.8 Å². The molecule has 3 fully saturated rings. The van der Waals surface area contributed by atoms with Gasteiger partial charge in [-0.1, -0.05) is 31.8 Å². The van der Waals surface area contributed by atoms with E-state index in [1.165, 1.54) is 0 Å². The van der Waals surface area contributed by atoms with Crippen molar-refractivity contribution in [1.29, 1.82) is 0 Å². The van der Waals surface area contributed by atoms with Crippen molar-refractivity contribution in [3.05, 3.63) is 17.5 Å². The zero-order valence-corrected chi connectivity index (χ0v) is 16.2. The molecule has 0 aromatic carbocycles. The van der Waals surface area contributed by atoms with E-state index in [-0.39, 0.29) is 17.7 Å². The number of carboxylic acid groups (broad SMARTS) is 1. The molecule has 27 heavy (non-hydrogen) atoms. The van der Waals surface area contributed by atoms with Crippen molar-refractivity contribution in [2.24, 2.45) is 17.3 Å². The van der Waals surface area contributed by atoms with Gasteiger partial charge < -0.3 is 14.5 Å². The second kappa shape index (κ2) is 6.93. The highest BCUT2D eigenvalue weighted by Gasteiger charge is 2.58. The molecular weight excluding hydrogens is 346 g/mol. The number of carboxylic acids is 1. The Morgan fingerprint density at radius 1 is 1.30 bits per heavy atom. The number of carbonyl (C=O) groups excluding carboxylic acids is 1. The van der Waals surface area contributed by atoms with Gasteiger partial charge in [-0.3, -0.25) is 14.5 Å². The molecule has 3 aliphatic rings. The highest BCUT2D eigenvalue weighted by molar-refractivity contribution is 5.83. The maximum Gasteiger partial charge on any atom is 0.313 e. The molecule has 7 nitrogen and oxygen atoms in total. The average molecular weight is 375 g/mol. The topological polar surface area (TPSA) is 86.9 Å². The van der Waals surface area contributed by atoms with Crippen LogP contribution in [0.15, 0.2) is 10.6 Å². The molecule has 1 aromatic rings. The molecule has 2 saturated heterocycles. The molecule has 7 heteroatoms. The van der Waals surface area contributed by atoms with Gasteiger partial charge in [0.25, 0.3) is 0 Å². The van der Waals surface area contributed by atoms with Crippen LogP contribution in [0.4, 0.5) is 0 Å². The van der Waals surface area contributed by atoms with E-state index in [0.29, 0.717) is 38.6 Å². The van der Waals surface area contributed by atoms with Gasteiger partial charge in [-0.25, -0.2) is 0 Å². The molecule has 3 heterocycles. The van der Waals surface area contributed by atoms with Gasteiger partial charge in [-0.2, -0.15) is 0 Å². The number of rotatable bonds is 5. The van der Waals surface area contributed by atoms with Gasteiger partial charge in [0.2, 0.25) is 5.91 Å². The summed E-state index contributed by atoms with van der Waals surface area (Å²) in [4.78, 5) is 28.9. The quantitative estimate of drug-likeness (QED) is 0.850. The third-order valence-electron chi connectivity index (χ3n) is 6.67. The van der Waals surface area contributed by atoms with E-state index in [1.807, 2.05) is 11.0 Å². The molecule has 4 rings (SSSR count). The Balaban J connectivity index is 1.44. The summed E-state index contributed by atoms with van der Waals surface area (Å²) in [6.45, 7) is 6.74. The standard InChI is InChI=1S/C20H29N3O4/c1-13(2)17-7-16(27-21-17)10-22-8-15-9-23(12-20(15,11-22)19(25)26)18(24)14-5-3-4-6-14/h7,13-15H,3-6,8-12H2,1-2H3,(H,25,26)/t15-,20-/m0/s1. The number of amides is 1. The Bertz CT molecular complexity index is 725. The fourth-order valence-electron chi connectivity index (χ4n) is 5.09. The van der Waals surface area contributed by atoms with Gasteiger partial charge in [0.15, 0.2) is 5.76 Å². The van der Waals surface area contributed by atoms with Crippen molar-refractivity contribution in [3.8, 4) is 0 Å². The maximum absolute atomic E-state index is 12.8. The van der Waals surface area contributed by atoms with Crippen molar-refractivity contribution < 1.29 is 19.2 Å². The third-order valence-corrected chi connectivity index (χ3v) is 6.67. The fraction of sp³-hybridized carbons (Fsp3) is 0.750. The van der Waals surface area contributed by atoms with Crippen molar-refractivity contribution in [2.75, 3.05) is 26.2 Å². The number of likely N-dealkylation sites (tertiary alicyclic amines) is 2. The molecule has 2 aliphatic heterocycles. The minimum Gasteiger partial charge on any atom is -0.481 e. The fourth-order valence-corrected chi connectivity index (χ4v) is 5.09. The number of nitrogens with zero attached hydrogens (tertiary/aromatic N) is 3. The van der Waals surface area contributed by atoms with E-state index in [1.54, 1.807) is 0 Å². The Morgan fingerprint density at radius 2 is 2.04 bits per heavy atom. The highest BCUT2D eigenvalue weighted by Crippen LogP contribution is 2.44. The van der Waals surface area contributed by atoms with Crippen LogP contribution in [0.2, 0.25) is 0 Å². The Hall–Kier alpha value is -1.89. The number of hydrogen-bond donors (Lipinski definition) is 1. The molecule has 148 valence electrons. The first-order valence-electron chi connectivity index (χ1n) is 10.1. The second-order valence-corrected chi connectivity index (χ2v) is 8.90. The van der Waals surface area contributed by atoms with Gasteiger partial charge in [0, 0.05) is 44.1 Å². The Morgan fingerprint density at radius 3 is 2.63 bits per heavy atom. The van der Waals surface area contributed by atoms with E-state index in [4.69, 9.17) is 4.52 Å². The summed E-state index contributed by atoms with van der Waals surface area (Å²) in [6, 6.07) is 1.96. The smallest absolute Gasteiger partial charge is 0.313 e. The third kappa shape index (κ3) is 3.26. The predicted octanol–water partition coefficient (Wildman–Crippen LogP) is 2.33. The van der Waals surface area contributed by atoms with E-state index in [0.717, 1.165) is 37.1 Å². The maximum atomic E-state index is 12.8. The van der Waals surface area contributed by atoms with Gasteiger partial charge >= 0.3 is 5.97 Å². The molecule has 0 unspecified atom stereocenters. The molecular formula is C20H29N3O4. The number of hydrogen-bond acceptors (Lipinski definition) is 5. The average Bonchev–Trinajstić information content (AvgIpc) is 3.37. The zero-order valence-electron chi connectivity index (χ0n) is 16.2. The summed E-state index contributed by atoms with van der Waals surface area (Å²) in [5, 5.41) is 14.1. The first-order valence-corrected chi connectivity index (χ1v) is 10.1. The zero-order chi connectivity index (χ0) is 19.2. The van der Waals surface area contributed by atoms with Crippen LogP contribution in [0, 0.1) is 17.3 Å². The lowest BCUT2D eigenvalue weighted by Gasteiger charge is -2.26. The lowest BCUT2D eigenvalue weighted by atomic mass is 9.81. The Kier molecular flexibility index (Phi) is 4.74. The number of fused-ring (bicyclic) bond motifs is 1. The molecule has 1 N–H and O–H groups in total. The van der Waals surface area contributed by atoms with Gasteiger partial charge in [0.1, 0.15) is 5.41 Å². The summed E-state index contributed by atoms with van der Waals surface area (Å²) in [5.74, 6) is 0.560. The summed E-state index contributed by atoms with van der Waals surface area (Å²) < 4.78 is 5.43. The van der Waals surface area contributed by atoms with Crippen molar-refractivity contribution >= 4 is 11.9 Å². The highest BCUT2D eigenvalue weighted by atomic mass is 16.5. The largest absolute Gasteiger partial charge is 0.481 e.